The predicted molar refractivity (Wildman–Crippen MR) is 147 cm³/mol. The summed E-state index contributed by atoms with van der Waals surface area (Å²) >= 11 is 4.52. The first kappa shape index (κ1) is 24.2. The molecule has 2 aliphatic rings. The van der Waals surface area contributed by atoms with Crippen molar-refractivity contribution in [2.24, 2.45) is 4.99 Å². The number of carbonyl (C=O) groups is 2. The number of aromatic nitrogens is 1. The lowest BCUT2D eigenvalue weighted by Gasteiger charge is -2.25. The van der Waals surface area contributed by atoms with Gasteiger partial charge in [0.25, 0.3) is 17.4 Å². The molecule has 2 aliphatic heterocycles. The van der Waals surface area contributed by atoms with Crippen LogP contribution < -0.4 is 25.5 Å². The van der Waals surface area contributed by atoms with Crippen LogP contribution in [0.25, 0.3) is 5.57 Å². The standard InChI is InChI=1S/C28H18BrFN4O3S/c1-14-21(25(35)32-18-5-3-2-4-6-18)23(15-7-10-17(30)11-8-15)34-27(37)24(38-28(34)31-14)22-19-13-16(29)9-12-20(19)33-26(22)36/h2-13,23H,1H3,(H,32,35)(H,33,36)/b24-22-/t23-/m0/s1. The highest BCUT2D eigenvalue weighted by Crippen LogP contribution is 2.33. The third kappa shape index (κ3) is 4.02. The van der Waals surface area contributed by atoms with Gasteiger partial charge in [-0.15, -0.1) is 0 Å². The molecule has 0 unspecified atom stereocenters. The summed E-state index contributed by atoms with van der Waals surface area (Å²) < 4.78 is 16.2. The number of halogens is 2. The summed E-state index contributed by atoms with van der Waals surface area (Å²) in [6, 6.07) is 19.1. The van der Waals surface area contributed by atoms with Gasteiger partial charge in [0.05, 0.1) is 22.9 Å². The van der Waals surface area contributed by atoms with E-state index in [-0.39, 0.29) is 21.6 Å². The van der Waals surface area contributed by atoms with E-state index in [1.807, 2.05) is 6.07 Å². The molecule has 10 heteroatoms. The fourth-order valence-electron chi connectivity index (χ4n) is 4.71. The maximum Gasteiger partial charge on any atom is 0.271 e. The second-order valence-electron chi connectivity index (χ2n) is 8.79. The number of rotatable bonds is 3. The van der Waals surface area contributed by atoms with Crippen molar-refractivity contribution in [1.82, 2.24) is 4.57 Å². The second kappa shape index (κ2) is 9.30. The quantitative estimate of drug-likeness (QED) is 0.377. The summed E-state index contributed by atoms with van der Waals surface area (Å²) in [7, 11) is 0. The molecule has 0 aliphatic carbocycles. The van der Waals surface area contributed by atoms with Gasteiger partial charge in [0, 0.05) is 21.4 Å². The summed E-state index contributed by atoms with van der Waals surface area (Å²) in [6.07, 6.45) is 0. The first-order valence-corrected chi connectivity index (χ1v) is 13.2. The maximum atomic E-state index is 14.0. The Balaban J connectivity index is 1.59. The van der Waals surface area contributed by atoms with Crippen molar-refractivity contribution in [3.63, 3.8) is 0 Å². The zero-order chi connectivity index (χ0) is 26.6. The van der Waals surface area contributed by atoms with E-state index in [2.05, 4.69) is 31.6 Å². The van der Waals surface area contributed by atoms with Crippen molar-refractivity contribution in [3.8, 4) is 0 Å². The molecule has 0 saturated heterocycles. The van der Waals surface area contributed by atoms with Crippen LogP contribution in [-0.2, 0) is 9.59 Å². The van der Waals surface area contributed by atoms with Gasteiger partial charge >= 0.3 is 0 Å². The van der Waals surface area contributed by atoms with Crippen LogP contribution in [0.3, 0.4) is 0 Å². The summed E-state index contributed by atoms with van der Waals surface area (Å²) in [6.45, 7) is 1.70. The first-order valence-electron chi connectivity index (χ1n) is 11.6. The number of amides is 2. The highest BCUT2D eigenvalue weighted by Gasteiger charge is 2.34. The Labute approximate surface area is 227 Å². The molecule has 3 aromatic carbocycles. The van der Waals surface area contributed by atoms with Crippen LogP contribution in [-0.4, -0.2) is 16.4 Å². The summed E-state index contributed by atoms with van der Waals surface area (Å²) in [4.78, 5) is 45.5. The topological polar surface area (TPSA) is 92.6 Å². The van der Waals surface area contributed by atoms with Crippen molar-refractivity contribution in [2.75, 3.05) is 10.6 Å². The largest absolute Gasteiger partial charge is 0.322 e. The fourth-order valence-corrected chi connectivity index (χ4v) is 6.21. The molecule has 188 valence electrons. The molecule has 7 nitrogen and oxygen atoms in total. The smallest absolute Gasteiger partial charge is 0.271 e. The molecule has 2 N–H and O–H groups in total. The minimum atomic E-state index is -0.878. The molecule has 6 rings (SSSR count). The number of para-hydroxylation sites is 1. The van der Waals surface area contributed by atoms with Crippen LogP contribution in [0.4, 0.5) is 15.8 Å². The van der Waals surface area contributed by atoms with Gasteiger partial charge in [-0.2, -0.15) is 0 Å². The Morgan fingerprint density at radius 2 is 1.82 bits per heavy atom. The third-order valence-electron chi connectivity index (χ3n) is 6.41. The zero-order valence-electron chi connectivity index (χ0n) is 19.8. The van der Waals surface area contributed by atoms with Gasteiger partial charge in [0.2, 0.25) is 0 Å². The molecule has 3 heterocycles. The molecule has 1 aromatic heterocycles. The lowest BCUT2D eigenvalue weighted by atomic mass is 9.95. The number of thiazole rings is 1. The number of carbonyl (C=O) groups excluding carboxylic acids is 2. The number of nitrogens with zero attached hydrogens (tertiary/aromatic N) is 2. The van der Waals surface area contributed by atoms with Crippen molar-refractivity contribution in [1.29, 1.82) is 0 Å². The van der Waals surface area contributed by atoms with Crippen molar-refractivity contribution >= 4 is 56.0 Å². The lowest BCUT2D eigenvalue weighted by molar-refractivity contribution is -0.113. The van der Waals surface area contributed by atoms with E-state index >= 15 is 0 Å². The zero-order valence-corrected chi connectivity index (χ0v) is 22.2. The van der Waals surface area contributed by atoms with Gasteiger partial charge in [-0.05, 0) is 55.0 Å². The third-order valence-corrected chi connectivity index (χ3v) is 7.96. The van der Waals surface area contributed by atoms with Gasteiger partial charge in [-0.1, -0.05) is 57.6 Å². The van der Waals surface area contributed by atoms with E-state index in [9.17, 15) is 18.8 Å². The minimum Gasteiger partial charge on any atom is -0.322 e. The van der Waals surface area contributed by atoms with Gasteiger partial charge in [0.1, 0.15) is 10.3 Å². The number of allylic oxidation sites excluding steroid dienone is 1. The lowest BCUT2D eigenvalue weighted by Crippen LogP contribution is -2.41. The Bertz CT molecular complexity index is 1860. The van der Waals surface area contributed by atoms with Crippen LogP contribution in [0.1, 0.15) is 24.1 Å². The van der Waals surface area contributed by atoms with Gasteiger partial charge in [0.15, 0.2) is 4.80 Å². The van der Waals surface area contributed by atoms with Crippen LogP contribution in [0.2, 0.25) is 0 Å². The number of anilines is 2. The van der Waals surface area contributed by atoms with Crippen LogP contribution in [0.5, 0.6) is 0 Å². The molecule has 38 heavy (non-hydrogen) atoms. The summed E-state index contributed by atoms with van der Waals surface area (Å²) in [5.41, 5.74) is 2.79. The van der Waals surface area contributed by atoms with Crippen molar-refractivity contribution in [2.45, 2.75) is 13.0 Å². The highest BCUT2D eigenvalue weighted by molar-refractivity contribution is 9.10. The predicted octanol–water partition coefficient (Wildman–Crippen LogP) is 4.10. The number of fused-ring (bicyclic) bond motifs is 2. The molecular weight excluding hydrogens is 571 g/mol. The second-order valence-corrected chi connectivity index (χ2v) is 10.7. The molecule has 2 amide bonds. The normalized spacial score (nSPS) is 17.4. The molecule has 0 fully saturated rings. The van der Waals surface area contributed by atoms with E-state index in [1.165, 1.54) is 16.7 Å². The van der Waals surface area contributed by atoms with E-state index in [1.54, 1.807) is 61.5 Å². The summed E-state index contributed by atoms with van der Waals surface area (Å²) in [5, 5.41) is 5.68. The molecule has 1 atom stereocenters. The Kier molecular flexibility index (Phi) is 5.93. The molecule has 4 aromatic rings. The van der Waals surface area contributed by atoms with Crippen LogP contribution >= 0.6 is 27.3 Å². The SMILES string of the molecule is CC1=C(C(=O)Nc2ccccc2)[C@H](c2ccc(F)cc2)n2c(s/c(=C3\C(=O)Nc4ccc(Br)cc43)c2=O)=N1. The molecule has 0 saturated carbocycles. The Morgan fingerprint density at radius 1 is 1.08 bits per heavy atom. The van der Waals surface area contributed by atoms with E-state index in [4.69, 9.17) is 0 Å². The first-order chi connectivity index (χ1) is 18.3. The van der Waals surface area contributed by atoms with Crippen molar-refractivity contribution < 1.29 is 14.0 Å². The fraction of sp³-hybridized carbons (Fsp3) is 0.0714. The van der Waals surface area contributed by atoms with Gasteiger partial charge in [-0.3, -0.25) is 19.0 Å². The number of hydrogen-bond donors (Lipinski definition) is 2. The minimum absolute atomic E-state index is 0.211. The van der Waals surface area contributed by atoms with Gasteiger partial charge in [-0.25, -0.2) is 9.38 Å². The highest BCUT2D eigenvalue weighted by atomic mass is 79.9. The molecule has 0 bridgehead atoms. The monoisotopic (exact) mass is 588 g/mol. The summed E-state index contributed by atoms with van der Waals surface area (Å²) in [5.74, 6) is -1.26. The average Bonchev–Trinajstić information content (AvgIpc) is 3.38. The van der Waals surface area contributed by atoms with Crippen molar-refractivity contribution in [3.05, 3.63) is 125 Å². The van der Waals surface area contributed by atoms with E-state index in [0.29, 0.717) is 33.0 Å². The Hall–Kier alpha value is -4.15. The molecule has 0 spiro atoms. The average molecular weight is 589 g/mol. The number of benzene rings is 3. The van der Waals surface area contributed by atoms with E-state index < -0.39 is 23.3 Å². The van der Waals surface area contributed by atoms with Gasteiger partial charge < -0.3 is 10.6 Å². The van der Waals surface area contributed by atoms with Crippen LogP contribution in [0, 0.1) is 5.82 Å². The van der Waals surface area contributed by atoms with E-state index in [0.717, 1.165) is 15.8 Å². The Morgan fingerprint density at radius 3 is 2.55 bits per heavy atom. The molecule has 0 radical (unpaired) electrons. The number of nitrogens with one attached hydrogen (secondary N) is 2. The molecular formula is C28H18BrFN4O3S. The van der Waals surface area contributed by atoms with Crippen LogP contribution in [0.15, 0.2) is 98.3 Å². The maximum absolute atomic E-state index is 14.0. The number of hydrogen-bond acceptors (Lipinski definition) is 5.